The zero-order chi connectivity index (χ0) is 18.4. The number of hydrogen-bond acceptors (Lipinski definition) is 5. The minimum atomic E-state index is -0.0185. The molecule has 2 aliphatic heterocycles. The lowest BCUT2D eigenvalue weighted by Crippen LogP contribution is -2.53. The molecule has 0 aromatic heterocycles. The number of piperidine rings is 1. The second kappa shape index (κ2) is 9.09. The molecule has 3 rings (SSSR count). The number of nitrogens with one attached hydrogen (secondary N) is 1. The molecule has 7 heteroatoms. The topological polar surface area (TPSA) is 74.3 Å². The van der Waals surface area contributed by atoms with Crippen molar-refractivity contribution in [3.05, 3.63) is 23.8 Å². The van der Waals surface area contributed by atoms with Crippen LogP contribution in [0.5, 0.6) is 11.5 Å². The largest absolute Gasteiger partial charge is 0.504 e. The Morgan fingerprint density at radius 3 is 2.88 bits per heavy atom. The van der Waals surface area contributed by atoms with Crippen LogP contribution in [0.1, 0.15) is 24.8 Å². The second-order valence-corrected chi connectivity index (χ2v) is 6.92. The van der Waals surface area contributed by atoms with E-state index in [1.807, 2.05) is 4.90 Å². The second-order valence-electron chi connectivity index (χ2n) is 6.92. The van der Waals surface area contributed by atoms with Crippen molar-refractivity contribution in [1.82, 2.24) is 15.1 Å². The van der Waals surface area contributed by atoms with Crippen molar-refractivity contribution in [2.75, 3.05) is 46.5 Å². The summed E-state index contributed by atoms with van der Waals surface area (Å²) in [5.41, 5.74) is 0.898. The molecule has 2 saturated heterocycles. The smallest absolute Gasteiger partial charge is 0.317 e. The molecular formula is C19H29N3O4. The molecule has 0 radical (unpaired) electrons. The van der Waals surface area contributed by atoms with Crippen molar-refractivity contribution in [3.8, 4) is 11.5 Å². The SMILES string of the molecule is COc1cc(CNC(=O)N2CCCCC2CN2CCOCC2)ccc1O. The van der Waals surface area contributed by atoms with Gasteiger partial charge in [0.05, 0.1) is 20.3 Å². The Hall–Kier alpha value is -1.99. The van der Waals surface area contributed by atoms with E-state index in [9.17, 15) is 9.90 Å². The summed E-state index contributed by atoms with van der Waals surface area (Å²) in [6, 6.07) is 5.37. The summed E-state index contributed by atoms with van der Waals surface area (Å²) in [6.45, 7) is 5.58. The summed E-state index contributed by atoms with van der Waals surface area (Å²) in [5.74, 6) is 0.518. The summed E-state index contributed by atoms with van der Waals surface area (Å²) >= 11 is 0. The van der Waals surface area contributed by atoms with Gasteiger partial charge in [-0.1, -0.05) is 6.07 Å². The number of aromatic hydroxyl groups is 1. The number of amides is 2. The number of benzene rings is 1. The summed E-state index contributed by atoms with van der Waals surface area (Å²) in [4.78, 5) is 17.1. The first-order valence-electron chi connectivity index (χ1n) is 9.38. The number of phenolic OH excluding ortho intramolecular Hbond substituents is 1. The Kier molecular flexibility index (Phi) is 6.57. The van der Waals surface area contributed by atoms with E-state index in [0.29, 0.717) is 12.3 Å². The first-order valence-corrected chi connectivity index (χ1v) is 9.38. The van der Waals surface area contributed by atoms with E-state index < -0.39 is 0 Å². The molecule has 144 valence electrons. The van der Waals surface area contributed by atoms with Gasteiger partial charge in [0.15, 0.2) is 11.5 Å². The molecule has 2 amide bonds. The number of rotatable bonds is 5. The first-order chi connectivity index (χ1) is 12.7. The van der Waals surface area contributed by atoms with Gasteiger partial charge in [0.25, 0.3) is 0 Å². The van der Waals surface area contributed by atoms with Crippen molar-refractivity contribution in [1.29, 1.82) is 0 Å². The van der Waals surface area contributed by atoms with Crippen LogP contribution in [0.25, 0.3) is 0 Å². The van der Waals surface area contributed by atoms with Gasteiger partial charge < -0.3 is 24.8 Å². The van der Waals surface area contributed by atoms with Gasteiger partial charge in [0.1, 0.15) is 0 Å². The van der Waals surface area contributed by atoms with Crippen LogP contribution in [-0.2, 0) is 11.3 Å². The fraction of sp³-hybridized carbons (Fsp3) is 0.632. The van der Waals surface area contributed by atoms with Gasteiger partial charge >= 0.3 is 6.03 Å². The molecule has 2 heterocycles. The Balaban J connectivity index is 1.56. The predicted molar refractivity (Wildman–Crippen MR) is 98.5 cm³/mol. The number of likely N-dealkylation sites (tertiary alicyclic amines) is 1. The third-order valence-corrected chi connectivity index (χ3v) is 5.15. The Morgan fingerprint density at radius 1 is 1.31 bits per heavy atom. The molecule has 1 unspecified atom stereocenters. The number of morpholine rings is 1. The molecule has 0 saturated carbocycles. The Labute approximate surface area is 154 Å². The third-order valence-electron chi connectivity index (χ3n) is 5.15. The zero-order valence-electron chi connectivity index (χ0n) is 15.4. The number of carbonyl (C=O) groups excluding carboxylic acids is 1. The van der Waals surface area contributed by atoms with Crippen molar-refractivity contribution in [2.24, 2.45) is 0 Å². The fourth-order valence-corrected chi connectivity index (χ4v) is 3.65. The number of phenols is 1. The van der Waals surface area contributed by atoms with Crippen LogP contribution in [-0.4, -0.2) is 73.5 Å². The first kappa shape index (κ1) is 18.8. The van der Waals surface area contributed by atoms with Crippen LogP contribution in [0.15, 0.2) is 18.2 Å². The Morgan fingerprint density at radius 2 is 2.12 bits per heavy atom. The molecule has 2 fully saturated rings. The molecule has 1 aromatic carbocycles. The standard InChI is InChI=1S/C19H29N3O4/c1-25-18-12-15(5-6-17(18)23)13-20-19(24)22-7-3-2-4-16(22)14-21-8-10-26-11-9-21/h5-6,12,16,23H,2-4,7-11,13-14H2,1H3,(H,20,24). The van der Waals surface area contributed by atoms with Crippen molar-refractivity contribution < 1.29 is 19.4 Å². The lowest BCUT2D eigenvalue weighted by atomic mass is 10.0. The molecule has 0 aliphatic carbocycles. The lowest BCUT2D eigenvalue weighted by Gasteiger charge is -2.39. The highest BCUT2D eigenvalue weighted by Crippen LogP contribution is 2.26. The molecule has 1 atom stereocenters. The maximum atomic E-state index is 12.7. The van der Waals surface area contributed by atoms with E-state index in [2.05, 4.69) is 10.2 Å². The van der Waals surface area contributed by atoms with Gasteiger partial charge in [-0.3, -0.25) is 4.90 Å². The van der Waals surface area contributed by atoms with Crippen molar-refractivity contribution >= 4 is 6.03 Å². The number of hydrogen-bond donors (Lipinski definition) is 2. The predicted octanol–water partition coefficient (Wildman–Crippen LogP) is 1.80. The minimum Gasteiger partial charge on any atom is -0.504 e. The third kappa shape index (κ3) is 4.80. The van der Waals surface area contributed by atoms with Gasteiger partial charge in [0, 0.05) is 38.8 Å². The van der Waals surface area contributed by atoms with Crippen molar-refractivity contribution in [2.45, 2.75) is 31.8 Å². The van der Waals surface area contributed by atoms with E-state index in [0.717, 1.165) is 57.8 Å². The molecule has 0 spiro atoms. The molecule has 7 nitrogen and oxygen atoms in total. The number of urea groups is 1. The highest BCUT2D eigenvalue weighted by molar-refractivity contribution is 5.74. The molecular weight excluding hydrogens is 334 g/mol. The van der Waals surface area contributed by atoms with Crippen LogP contribution >= 0.6 is 0 Å². The van der Waals surface area contributed by atoms with Gasteiger partial charge in [-0.05, 0) is 37.0 Å². The van der Waals surface area contributed by atoms with Crippen LogP contribution in [0.3, 0.4) is 0 Å². The number of ether oxygens (including phenoxy) is 2. The van der Waals surface area contributed by atoms with Crippen LogP contribution in [0.4, 0.5) is 4.79 Å². The molecule has 26 heavy (non-hydrogen) atoms. The monoisotopic (exact) mass is 363 g/mol. The van der Waals surface area contributed by atoms with E-state index in [-0.39, 0.29) is 17.8 Å². The molecule has 2 aliphatic rings. The summed E-state index contributed by atoms with van der Waals surface area (Å²) in [5, 5.41) is 12.7. The van der Waals surface area contributed by atoms with E-state index >= 15 is 0 Å². The van der Waals surface area contributed by atoms with Gasteiger partial charge in [-0.2, -0.15) is 0 Å². The van der Waals surface area contributed by atoms with Crippen LogP contribution in [0, 0.1) is 0 Å². The quantitative estimate of drug-likeness (QED) is 0.834. The van der Waals surface area contributed by atoms with Crippen molar-refractivity contribution in [3.63, 3.8) is 0 Å². The van der Waals surface area contributed by atoms with E-state index in [1.165, 1.54) is 13.5 Å². The average Bonchev–Trinajstić information content (AvgIpc) is 2.68. The zero-order valence-corrected chi connectivity index (χ0v) is 15.4. The molecule has 2 N–H and O–H groups in total. The van der Waals surface area contributed by atoms with Gasteiger partial charge in [0.2, 0.25) is 0 Å². The molecule has 0 bridgehead atoms. The van der Waals surface area contributed by atoms with Crippen LogP contribution in [0.2, 0.25) is 0 Å². The van der Waals surface area contributed by atoms with Crippen LogP contribution < -0.4 is 10.1 Å². The summed E-state index contributed by atoms with van der Waals surface area (Å²) in [7, 11) is 1.52. The van der Waals surface area contributed by atoms with Gasteiger partial charge in [-0.25, -0.2) is 4.79 Å². The summed E-state index contributed by atoms with van der Waals surface area (Å²) in [6.07, 6.45) is 3.28. The fourth-order valence-electron chi connectivity index (χ4n) is 3.65. The maximum absolute atomic E-state index is 12.7. The number of nitrogens with zero attached hydrogens (tertiary/aromatic N) is 2. The highest BCUT2D eigenvalue weighted by Gasteiger charge is 2.28. The average molecular weight is 363 g/mol. The number of methoxy groups -OCH3 is 1. The maximum Gasteiger partial charge on any atom is 0.317 e. The number of carbonyl (C=O) groups is 1. The Bertz CT molecular complexity index is 604. The van der Waals surface area contributed by atoms with Gasteiger partial charge in [-0.15, -0.1) is 0 Å². The minimum absolute atomic E-state index is 0.0185. The van der Waals surface area contributed by atoms with E-state index in [1.54, 1.807) is 18.2 Å². The summed E-state index contributed by atoms with van der Waals surface area (Å²) < 4.78 is 10.5. The lowest BCUT2D eigenvalue weighted by molar-refractivity contribution is 0.0221. The normalized spacial score (nSPS) is 21.4. The highest BCUT2D eigenvalue weighted by atomic mass is 16.5. The molecule has 1 aromatic rings. The van der Waals surface area contributed by atoms with E-state index in [4.69, 9.17) is 9.47 Å².